The lowest BCUT2D eigenvalue weighted by Crippen LogP contribution is -2.05. The molecule has 0 aliphatic carbocycles. The van der Waals surface area contributed by atoms with Crippen molar-refractivity contribution in [2.45, 2.75) is 12.8 Å². The molecule has 1 N–H and O–H groups in total. The Morgan fingerprint density at radius 3 is 2.83 bits per heavy atom. The van der Waals surface area contributed by atoms with E-state index in [4.69, 9.17) is 0 Å². The molecule has 0 bridgehead atoms. The van der Waals surface area contributed by atoms with Gasteiger partial charge in [0.2, 0.25) is 0 Å². The van der Waals surface area contributed by atoms with Crippen molar-refractivity contribution in [1.82, 2.24) is 5.09 Å². The van der Waals surface area contributed by atoms with Crippen LogP contribution in [0, 0.1) is 0 Å². The van der Waals surface area contributed by atoms with Gasteiger partial charge in [0.1, 0.15) is 0 Å². The molecule has 1 nitrogen and oxygen atoms in total. The second-order valence-electron chi connectivity index (χ2n) is 1.36. The van der Waals surface area contributed by atoms with E-state index in [1.807, 2.05) is 0 Å². The quantitative estimate of drug-likeness (QED) is 0.449. The van der Waals surface area contributed by atoms with Gasteiger partial charge in [-0.05, 0) is 27.0 Å². The molecule has 1 aliphatic heterocycles. The van der Waals surface area contributed by atoms with E-state index in [9.17, 15) is 0 Å². The lowest BCUT2D eigenvalue weighted by atomic mass is 10.3. The van der Waals surface area contributed by atoms with Crippen LogP contribution in [0.1, 0.15) is 12.8 Å². The molecule has 0 aromatic rings. The Labute approximate surface area is 39.6 Å². The predicted octanol–water partition coefficient (Wildman–Crippen LogP) is 1.03. The molecule has 0 saturated carbocycles. The predicted molar refractivity (Wildman–Crippen MR) is 30.2 cm³/mol. The molecule has 0 fully saturated rings. The zero-order valence-corrected chi connectivity index (χ0v) is 4.54. The normalized spacial score (nSPS) is 24.0. The van der Waals surface area contributed by atoms with Crippen molar-refractivity contribution in [2.24, 2.45) is 0 Å². The van der Waals surface area contributed by atoms with Crippen molar-refractivity contribution in [3.63, 3.8) is 0 Å². The molecular formula is C4H8NP. The van der Waals surface area contributed by atoms with Gasteiger partial charge in [-0.25, -0.2) is 0 Å². The zero-order valence-electron chi connectivity index (χ0n) is 3.65. The van der Waals surface area contributed by atoms with Crippen LogP contribution in [0.2, 0.25) is 0 Å². The summed E-state index contributed by atoms with van der Waals surface area (Å²) in [7, 11) is 1.32. The van der Waals surface area contributed by atoms with Crippen LogP contribution in [0.5, 0.6) is 0 Å². The van der Waals surface area contributed by atoms with Crippen LogP contribution in [0.3, 0.4) is 0 Å². The molecule has 0 saturated heterocycles. The SMILES string of the molecule is C1=PNCCC1. The van der Waals surface area contributed by atoms with Gasteiger partial charge < -0.3 is 0 Å². The third-order valence-electron chi connectivity index (χ3n) is 0.804. The van der Waals surface area contributed by atoms with E-state index in [1.165, 1.54) is 27.7 Å². The summed E-state index contributed by atoms with van der Waals surface area (Å²) in [6.45, 7) is 1.21. The molecular weight excluding hydrogens is 93.0 g/mol. The van der Waals surface area contributed by atoms with Gasteiger partial charge in [-0.2, -0.15) is 0 Å². The first-order valence-electron chi connectivity index (χ1n) is 2.24. The van der Waals surface area contributed by atoms with Crippen LogP contribution in [-0.4, -0.2) is 12.3 Å². The summed E-state index contributed by atoms with van der Waals surface area (Å²) >= 11 is 0. The highest BCUT2D eigenvalue weighted by molar-refractivity contribution is 7.36. The minimum Gasteiger partial charge on any atom is -0.271 e. The fraction of sp³-hybridized carbons (Fsp3) is 0.750. The molecule has 2 heteroatoms. The average Bonchev–Trinajstić information content (AvgIpc) is 1.72. The summed E-state index contributed by atoms with van der Waals surface area (Å²) in [5.74, 6) is 2.25. The molecule has 0 amide bonds. The highest BCUT2D eigenvalue weighted by atomic mass is 31.1. The summed E-state index contributed by atoms with van der Waals surface area (Å²) in [6.07, 6.45) is 2.63. The highest BCUT2D eigenvalue weighted by Gasteiger charge is 1.86. The fourth-order valence-corrected chi connectivity index (χ4v) is 1.19. The maximum Gasteiger partial charge on any atom is 0.00387 e. The number of nitrogens with one attached hydrogen (secondary N) is 1. The van der Waals surface area contributed by atoms with E-state index in [1.54, 1.807) is 0 Å². The molecule has 34 valence electrons. The van der Waals surface area contributed by atoms with Gasteiger partial charge in [-0.3, -0.25) is 5.09 Å². The summed E-state index contributed by atoms with van der Waals surface area (Å²) in [4.78, 5) is 0. The Morgan fingerprint density at radius 2 is 2.67 bits per heavy atom. The molecule has 1 aliphatic rings. The van der Waals surface area contributed by atoms with Crippen LogP contribution in [0.25, 0.3) is 0 Å². The lowest BCUT2D eigenvalue weighted by molar-refractivity contribution is 0.833. The second-order valence-corrected chi connectivity index (χ2v) is 2.30. The maximum absolute atomic E-state index is 3.20. The Kier molecular flexibility index (Phi) is 1.67. The van der Waals surface area contributed by atoms with E-state index in [0.29, 0.717) is 0 Å². The minimum atomic E-state index is 1.21. The van der Waals surface area contributed by atoms with Gasteiger partial charge >= 0.3 is 0 Å². The van der Waals surface area contributed by atoms with Crippen molar-refractivity contribution in [1.29, 1.82) is 0 Å². The smallest absolute Gasteiger partial charge is 0.00387 e. The molecule has 1 rings (SSSR count). The van der Waals surface area contributed by atoms with Gasteiger partial charge in [-0.1, -0.05) is 0 Å². The Hall–Kier alpha value is 0.130. The molecule has 1 heterocycles. The standard InChI is InChI=1S/C4H8NP/c1-2-4-6-5-3-1/h4-5H,1-3H2. The van der Waals surface area contributed by atoms with Gasteiger partial charge in [0, 0.05) is 6.54 Å². The molecule has 0 unspecified atom stereocenters. The molecule has 0 atom stereocenters. The minimum absolute atomic E-state index is 1.21. The molecule has 0 aromatic carbocycles. The summed E-state index contributed by atoms with van der Waals surface area (Å²) in [5, 5.41) is 3.20. The first-order valence-corrected chi connectivity index (χ1v) is 3.21. The fourth-order valence-electron chi connectivity index (χ4n) is 0.466. The van der Waals surface area contributed by atoms with Crippen molar-refractivity contribution in [3.05, 3.63) is 0 Å². The third-order valence-corrected chi connectivity index (χ3v) is 1.65. The zero-order chi connectivity index (χ0) is 4.24. The molecule has 0 radical (unpaired) electrons. The topological polar surface area (TPSA) is 12.0 Å². The second kappa shape index (κ2) is 2.33. The lowest BCUT2D eigenvalue weighted by Gasteiger charge is -1.99. The van der Waals surface area contributed by atoms with Crippen molar-refractivity contribution >= 4 is 14.2 Å². The Morgan fingerprint density at radius 1 is 1.67 bits per heavy atom. The van der Waals surface area contributed by atoms with E-state index in [2.05, 4.69) is 10.9 Å². The van der Waals surface area contributed by atoms with E-state index in [0.717, 1.165) is 0 Å². The van der Waals surface area contributed by atoms with Crippen LogP contribution >= 0.6 is 8.35 Å². The first kappa shape index (κ1) is 4.29. The van der Waals surface area contributed by atoms with Crippen molar-refractivity contribution in [2.75, 3.05) is 6.54 Å². The van der Waals surface area contributed by atoms with Crippen LogP contribution in [-0.2, 0) is 0 Å². The van der Waals surface area contributed by atoms with Gasteiger partial charge in [0.15, 0.2) is 0 Å². The van der Waals surface area contributed by atoms with Gasteiger partial charge in [0.05, 0.1) is 0 Å². The van der Waals surface area contributed by atoms with Gasteiger partial charge in [0.25, 0.3) is 0 Å². The highest BCUT2D eigenvalue weighted by Crippen LogP contribution is 1.97. The van der Waals surface area contributed by atoms with Crippen LogP contribution in [0.15, 0.2) is 0 Å². The monoisotopic (exact) mass is 101 g/mol. The Balaban J connectivity index is 2.26. The summed E-state index contributed by atoms with van der Waals surface area (Å²) < 4.78 is 0. The number of hydrogen-bond acceptors (Lipinski definition) is 1. The average molecular weight is 101 g/mol. The number of hydrogen-bond donors (Lipinski definition) is 1. The van der Waals surface area contributed by atoms with Crippen molar-refractivity contribution < 1.29 is 0 Å². The molecule has 6 heavy (non-hydrogen) atoms. The molecule has 0 spiro atoms. The summed E-state index contributed by atoms with van der Waals surface area (Å²) in [6, 6.07) is 0. The van der Waals surface area contributed by atoms with Crippen molar-refractivity contribution in [3.8, 4) is 0 Å². The Bertz CT molecular complexity index is 52.6. The molecule has 0 aromatic heterocycles. The van der Waals surface area contributed by atoms with Crippen LogP contribution < -0.4 is 5.09 Å². The largest absolute Gasteiger partial charge is 0.271 e. The van der Waals surface area contributed by atoms with E-state index in [-0.39, 0.29) is 0 Å². The van der Waals surface area contributed by atoms with Crippen LogP contribution in [0.4, 0.5) is 0 Å². The van der Waals surface area contributed by atoms with Gasteiger partial charge in [-0.15, -0.1) is 0 Å². The summed E-state index contributed by atoms with van der Waals surface area (Å²) in [5.41, 5.74) is 0. The van der Waals surface area contributed by atoms with E-state index >= 15 is 0 Å². The van der Waals surface area contributed by atoms with E-state index < -0.39 is 0 Å². The number of rotatable bonds is 0. The maximum atomic E-state index is 3.20. The first-order chi connectivity index (χ1) is 3.00. The third kappa shape index (κ3) is 1.08.